The Balaban J connectivity index is 2.13. The summed E-state index contributed by atoms with van der Waals surface area (Å²) in [5, 5.41) is 18.0. The van der Waals surface area contributed by atoms with Gasteiger partial charge in [0.05, 0.1) is 6.20 Å². The molecule has 0 atom stereocenters. The van der Waals surface area contributed by atoms with Gasteiger partial charge in [-0.3, -0.25) is 0 Å². The van der Waals surface area contributed by atoms with E-state index in [2.05, 4.69) is 43.8 Å². The SMILES string of the molecule is CCN(CC)c1ccc(N=Nc2ccc(OON)cn2)c(O)c1. The van der Waals surface area contributed by atoms with E-state index >= 15 is 0 Å². The molecule has 122 valence electrons. The highest BCUT2D eigenvalue weighted by Gasteiger charge is 2.06. The number of aromatic hydroxyl groups is 1. The van der Waals surface area contributed by atoms with Crippen LogP contribution in [0.15, 0.2) is 46.8 Å². The molecular formula is C15H19N5O3. The number of azo groups is 1. The fraction of sp³-hybridized carbons (Fsp3) is 0.267. The van der Waals surface area contributed by atoms with Gasteiger partial charge >= 0.3 is 0 Å². The summed E-state index contributed by atoms with van der Waals surface area (Å²) in [5.74, 6) is 5.55. The van der Waals surface area contributed by atoms with Crippen LogP contribution in [0.2, 0.25) is 0 Å². The Morgan fingerprint density at radius 1 is 1.17 bits per heavy atom. The van der Waals surface area contributed by atoms with E-state index < -0.39 is 0 Å². The first-order chi connectivity index (χ1) is 11.2. The number of pyridine rings is 1. The van der Waals surface area contributed by atoms with Gasteiger partial charge < -0.3 is 14.9 Å². The van der Waals surface area contributed by atoms with E-state index in [0.717, 1.165) is 18.8 Å². The average Bonchev–Trinajstić information content (AvgIpc) is 2.57. The van der Waals surface area contributed by atoms with Crippen LogP contribution in [-0.2, 0) is 4.99 Å². The predicted molar refractivity (Wildman–Crippen MR) is 86.0 cm³/mol. The molecule has 2 rings (SSSR count). The summed E-state index contributed by atoms with van der Waals surface area (Å²) in [6.07, 6.45) is 1.39. The summed E-state index contributed by atoms with van der Waals surface area (Å²) < 4.78 is 0. The molecule has 23 heavy (non-hydrogen) atoms. The van der Waals surface area contributed by atoms with E-state index in [4.69, 9.17) is 5.90 Å². The predicted octanol–water partition coefficient (Wildman–Crippen LogP) is 3.23. The first-order valence-electron chi connectivity index (χ1n) is 7.17. The lowest BCUT2D eigenvalue weighted by molar-refractivity contribution is -0.211. The van der Waals surface area contributed by atoms with Crippen LogP contribution in [-0.4, -0.2) is 23.2 Å². The van der Waals surface area contributed by atoms with E-state index in [1.54, 1.807) is 24.3 Å². The molecule has 2 aromatic rings. The Bertz CT molecular complexity index is 657. The van der Waals surface area contributed by atoms with Crippen LogP contribution in [0.3, 0.4) is 0 Å². The monoisotopic (exact) mass is 317 g/mol. The maximum Gasteiger partial charge on any atom is 0.185 e. The molecule has 0 aliphatic heterocycles. The van der Waals surface area contributed by atoms with Gasteiger partial charge in [0.1, 0.15) is 11.4 Å². The molecule has 0 amide bonds. The van der Waals surface area contributed by atoms with Crippen LogP contribution in [0.5, 0.6) is 11.5 Å². The fourth-order valence-corrected chi connectivity index (χ4v) is 2.02. The van der Waals surface area contributed by atoms with E-state index in [9.17, 15) is 5.11 Å². The zero-order valence-corrected chi connectivity index (χ0v) is 13.0. The molecule has 0 unspecified atom stereocenters. The number of hydrogen-bond donors (Lipinski definition) is 2. The minimum absolute atomic E-state index is 0.0645. The van der Waals surface area contributed by atoms with Crippen LogP contribution in [0.25, 0.3) is 0 Å². The molecule has 0 saturated heterocycles. The molecule has 8 heteroatoms. The van der Waals surface area contributed by atoms with E-state index in [-0.39, 0.29) is 5.75 Å². The summed E-state index contributed by atoms with van der Waals surface area (Å²) in [6, 6.07) is 8.44. The lowest BCUT2D eigenvalue weighted by Crippen LogP contribution is -2.21. The van der Waals surface area contributed by atoms with Gasteiger partial charge in [-0.1, -0.05) is 4.99 Å². The molecule has 1 aromatic carbocycles. The molecule has 0 fully saturated rings. The summed E-state index contributed by atoms with van der Waals surface area (Å²) in [7, 11) is 0. The molecule has 0 saturated carbocycles. The number of nitrogens with zero attached hydrogens (tertiary/aromatic N) is 4. The minimum atomic E-state index is 0.0645. The largest absolute Gasteiger partial charge is 0.506 e. The molecule has 1 aromatic heterocycles. The Kier molecular flexibility index (Phi) is 5.84. The second kappa shape index (κ2) is 8.06. The van der Waals surface area contributed by atoms with Crippen molar-refractivity contribution in [1.82, 2.24) is 4.98 Å². The third kappa shape index (κ3) is 4.38. The van der Waals surface area contributed by atoms with Gasteiger partial charge in [-0.15, -0.1) is 10.2 Å². The van der Waals surface area contributed by atoms with Gasteiger partial charge in [0.2, 0.25) is 0 Å². The summed E-state index contributed by atoms with van der Waals surface area (Å²) >= 11 is 0. The average molecular weight is 317 g/mol. The second-order valence-corrected chi connectivity index (χ2v) is 4.58. The highest BCUT2D eigenvalue weighted by molar-refractivity contribution is 5.61. The number of nitrogens with two attached hydrogens (primary N) is 1. The maximum absolute atomic E-state index is 10.1. The molecular weight excluding hydrogens is 298 g/mol. The van der Waals surface area contributed by atoms with Crippen molar-refractivity contribution in [3.05, 3.63) is 36.5 Å². The standard InChI is InChI=1S/C15H19N5O3/c1-3-20(4-2)11-5-7-13(14(21)9-11)18-19-15-8-6-12(10-17-15)22-23-16/h5-10,21H,3-4,16H2,1-2H3. The summed E-state index contributed by atoms with van der Waals surface area (Å²) in [6.45, 7) is 5.84. The number of benzene rings is 1. The van der Waals surface area contributed by atoms with Crippen LogP contribution in [0, 0.1) is 0 Å². The molecule has 0 radical (unpaired) electrons. The van der Waals surface area contributed by atoms with Crippen molar-refractivity contribution < 1.29 is 15.0 Å². The lowest BCUT2D eigenvalue weighted by atomic mass is 10.2. The van der Waals surface area contributed by atoms with E-state index in [0.29, 0.717) is 17.3 Å². The highest BCUT2D eigenvalue weighted by Crippen LogP contribution is 2.32. The molecule has 0 bridgehead atoms. The Hall–Kier alpha value is -2.71. The molecule has 0 aliphatic carbocycles. The number of phenols is 1. The van der Waals surface area contributed by atoms with Crippen LogP contribution < -0.4 is 15.7 Å². The van der Waals surface area contributed by atoms with Crippen LogP contribution in [0.4, 0.5) is 17.2 Å². The maximum atomic E-state index is 10.1. The Morgan fingerprint density at radius 2 is 1.96 bits per heavy atom. The van der Waals surface area contributed by atoms with Crippen molar-refractivity contribution in [2.75, 3.05) is 18.0 Å². The summed E-state index contributed by atoms with van der Waals surface area (Å²) in [5.41, 5.74) is 1.31. The van der Waals surface area contributed by atoms with Crippen molar-refractivity contribution in [3.8, 4) is 11.5 Å². The lowest BCUT2D eigenvalue weighted by Gasteiger charge is -2.21. The quantitative estimate of drug-likeness (QED) is 0.461. The van der Waals surface area contributed by atoms with Crippen molar-refractivity contribution in [1.29, 1.82) is 0 Å². The van der Waals surface area contributed by atoms with Crippen molar-refractivity contribution in [2.45, 2.75) is 13.8 Å². The second-order valence-electron chi connectivity index (χ2n) is 4.58. The van der Waals surface area contributed by atoms with Gasteiger partial charge in [-0.05, 0) is 38.1 Å². The molecule has 0 aliphatic rings. The third-order valence-electron chi connectivity index (χ3n) is 3.21. The van der Waals surface area contributed by atoms with Gasteiger partial charge in [0, 0.05) is 24.8 Å². The summed E-state index contributed by atoms with van der Waals surface area (Å²) in [4.78, 5) is 14.8. The first kappa shape index (κ1) is 16.7. The molecule has 0 spiro atoms. The number of aromatic nitrogens is 1. The van der Waals surface area contributed by atoms with Crippen LogP contribution >= 0.6 is 0 Å². The number of anilines is 1. The topological polar surface area (TPSA) is 106 Å². The van der Waals surface area contributed by atoms with E-state index in [1.807, 2.05) is 6.07 Å². The normalized spacial score (nSPS) is 10.9. The number of rotatable bonds is 7. The fourth-order valence-electron chi connectivity index (χ4n) is 2.02. The molecule has 1 heterocycles. The molecule has 8 nitrogen and oxygen atoms in total. The first-order valence-corrected chi connectivity index (χ1v) is 7.17. The zero-order valence-electron chi connectivity index (χ0n) is 13.0. The Morgan fingerprint density at radius 3 is 2.52 bits per heavy atom. The zero-order chi connectivity index (χ0) is 16.7. The molecule has 3 N–H and O–H groups in total. The van der Waals surface area contributed by atoms with Crippen molar-refractivity contribution in [3.63, 3.8) is 0 Å². The van der Waals surface area contributed by atoms with Gasteiger partial charge in [-0.25, -0.2) is 4.98 Å². The highest BCUT2D eigenvalue weighted by atomic mass is 17.3. The van der Waals surface area contributed by atoms with Crippen LogP contribution in [0.1, 0.15) is 13.8 Å². The van der Waals surface area contributed by atoms with E-state index in [1.165, 1.54) is 6.20 Å². The van der Waals surface area contributed by atoms with Gasteiger partial charge in [-0.2, -0.15) is 5.90 Å². The third-order valence-corrected chi connectivity index (χ3v) is 3.21. The van der Waals surface area contributed by atoms with Crippen molar-refractivity contribution in [2.24, 2.45) is 16.1 Å². The number of phenolic OH excluding ortho intramolecular Hbond substituents is 1. The van der Waals surface area contributed by atoms with Crippen molar-refractivity contribution >= 4 is 17.2 Å². The smallest absolute Gasteiger partial charge is 0.185 e. The van der Waals surface area contributed by atoms with Gasteiger partial charge in [0.25, 0.3) is 0 Å². The van der Waals surface area contributed by atoms with Gasteiger partial charge in [0.15, 0.2) is 11.6 Å². The Labute approximate surface area is 134 Å². The minimum Gasteiger partial charge on any atom is -0.506 e. The number of hydrogen-bond acceptors (Lipinski definition) is 8.